The van der Waals surface area contributed by atoms with Crippen LogP contribution in [0.15, 0.2) is 78.9 Å². The molecule has 4 heteroatoms. The highest BCUT2D eigenvalue weighted by molar-refractivity contribution is 5.99. The van der Waals surface area contributed by atoms with E-state index in [1.54, 1.807) is 4.57 Å². The molecule has 4 nitrogen and oxygen atoms in total. The summed E-state index contributed by atoms with van der Waals surface area (Å²) in [6.45, 7) is 0. The molecule has 1 atom stereocenters. The van der Waals surface area contributed by atoms with E-state index in [1.165, 1.54) is 0 Å². The maximum Gasteiger partial charge on any atom is 0.352 e. The lowest BCUT2D eigenvalue weighted by molar-refractivity contribution is 0.0685. The molecule has 1 aromatic heterocycles. The Bertz CT molecular complexity index is 1160. The second kappa shape index (κ2) is 7.47. The number of fused-ring (bicyclic) bond motifs is 1. The van der Waals surface area contributed by atoms with Crippen molar-refractivity contribution < 1.29 is 9.90 Å². The van der Waals surface area contributed by atoms with Crippen molar-refractivity contribution in [2.24, 2.45) is 7.05 Å². The molecule has 0 bridgehead atoms. The van der Waals surface area contributed by atoms with Crippen LogP contribution in [0.5, 0.6) is 0 Å². The van der Waals surface area contributed by atoms with Gasteiger partial charge >= 0.3 is 5.97 Å². The van der Waals surface area contributed by atoms with Gasteiger partial charge in [0.1, 0.15) is 5.69 Å². The lowest BCUT2D eigenvalue weighted by atomic mass is 9.83. The summed E-state index contributed by atoms with van der Waals surface area (Å²) >= 11 is 0. The Hall–Kier alpha value is -3.53. The number of carbonyl (C=O) groups is 1. The number of carboxylic acid groups (broad SMARTS) is 1. The third-order valence-electron chi connectivity index (χ3n) is 5.51. The van der Waals surface area contributed by atoms with Crippen LogP contribution >= 0.6 is 0 Å². The van der Waals surface area contributed by atoms with Crippen molar-refractivity contribution in [3.05, 3.63) is 101 Å². The molecule has 0 saturated heterocycles. The van der Waals surface area contributed by atoms with Crippen molar-refractivity contribution in [3.8, 4) is 0 Å². The van der Waals surface area contributed by atoms with E-state index in [0.717, 1.165) is 33.3 Å². The molecule has 29 heavy (non-hydrogen) atoms. The summed E-state index contributed by atoms with van der Waals surface area (Å²) in [7, 11) is 5.85. The number of hydrogen-bond donors (Lipinski definition) is 1. The van der Waals surface area contributed by atoms with Gasteiger partial charge < -0.3 is 14.6 Å². The summed E-state index contributed by atoms with van der Waals surface area (Å²) < 4.78 is 1.79. The molecule has 1 N–H and O–H groups in total. The zero-order valence-corrected chi connectivity index (χ0v) is 16.8. The molecule has 1 heterocycles. The second-order valence-corrected chi connectivity index (χ2v) is 7.47. The fourth-order valence-electron chi connectivity index (χ4n) is 4.11. The highest BCUT2D eigenvalue weighted by atomic mass is 16.4. The van der Waals surface area contributed by atoms with Crippen molar-refractivity contribution in [2.75, 3.05) is 19.0 Å². The molecule has 0 aliphatic carbocycles. The van der Waals surface area contributed by atoms with Gasteiger partial charge in [-0.1, -0.05) is 60.7 Å². The smallest absolute Gasteiger partial charge is 0.352 e. The Labute approximate surface area is 170 Å². The van der Waals surface area contributed by atoms with Gasteiger partial charge in [-0.25, -0.2) is 4.79 Å². The Morgan fingerprint density at radius 3 is 2.07 bits per heavy atom. The van der Waals surface area contributed by atoms with Gasteiger partial charge in [-0.15, -0.1) is 0 Å². The third-order valence-corrected chi connectivity index (χ3v) is 5.51. The van der Waals surface area contributed by atoms with E-state index in [2.05, 4.69) is 41.3 Å². The molecule has 0 aliphatic rings. The maximum absolute atomic E-state index is 12.3. The lowest BCUT2D eigenvalue weighted by Gasteiger charge is -2.21. The van der Waals surface area contributed by atoms with Crippen LogP contribution in [0.4, 0.5) is 5.69 Å². The molecule has 0 radical (unpaired) electrons. The topological polar surface area (TPSA) is 45.5 Å². The van der Waals surface area contributed by atoms with Gasteiger partial charge in [0.25, 0.3) is 0 Å². The number of nitrogens with zero attached hydrogens (tertiary/aromatic N) is 2. The van der Waals surface area contributed by atoms with Crippen molar-refractivity contribution in [1.82, 2.24) is 4.57 Å². The first-order valence-corrected chi connectivity index (χ1v) is 9.62. The zero-order chi connectivity index (χ0) is 20.5. The predicted octanol–water partition coefficient (Wildman–Crippen LogP) is 5.12. The standard InChI is InChI=1S/C25H24N2O2/c1-26(2)19-15-13-18(14-16-19)22(17-9-5-4-6-10-17)23-20-11-7-8-12-21(20)27(3)24(23)25(28)29/h4-16,22H,1-3H3,(H,28,29). The first kappa shape index (κ1) is 18.8. The fourth-order valence-corrected chi connectivity index (χ4v) is 4.11. The van der Waals surface area contributed by atoms with E-state index in [0.29, 0.717) is 5.69 Å². The average Bonchev–Trinajstić information content (AvgIpc) is 3.02. The molecule has 1 unspecified atom stereocenters. The van der Waals surface area contributed by atoms with Crippen LogP contribution in [0.25, 0.3) is 10.9 Å². The van der Waals surface area contributed by atoms with Crippen molar-refractivity contribution in [3.63, 3.8) is 0 Å². The van der Waals surface area contributed by atoms with Crippen LogP contribution in [0.2, 0.25) is 0 Å². The van der Waals surface area contributed by atoms with E-state index in [-0.39, 0.29) is 5.92 Å². The number of carboxylic acids is 1. The summed E-state index contributed by atoms with van der Waals surface area (Å²) in [6, 6.07) is 26.4. The number of rotatable bonds is 5. The van der Waals surface area contributed by atoms with Gasteiger partial charge in [0.2, 0.25) is 0 Å². The average molecular weight is 384 g/mol. The molecular weight excluding hydrogens is 360 g/mol. The molecule has 4 rings (SSSR count). The molecule has 0 amide bonds. The van der Waals surface area contributed by atoms with Gasteiger partial charge in [-0.2, -0.15) is 0 Å². The monoisotopic (exact) mass is 384 g/mol. The normalized spacial score (nSPS) is 12.1. The maximum atomic E-state index is 12.3. The number of benzene rings is 3. The number of aromatic nitrogens is 1. The minimum Gasteiger partial charge on any atom is -0.477 e. The molecular formula is C25H24N2O2. The van der Waals surface area contributed by atoms with E-state index < -0.39 is 5.97 Å². The number of aryl methyl sites for hydroxylation is 1. The quantitative estimate of drug-likeness (QED) is 0.519. The molecule has 146 valence electrons. The highest BCUT2D eigenvalue weighted by Crippen LogP contribution is 2.40. The van der Waals surface area contributed by atoms with Gasteiger partial charge in [0.05, 0.1) is 0 Å². The zero-order valence-electron chi connectivity index (χ0n) is 16.8. The third kappa shape index (κ3) is 3.27. The van der Waals surface area contributed by atoms with Crippen LogP contribution in [0.3, 0.4) is 0 Å². The van der Waals surface area contributed by atoms with Gasteiger partial charge in [-0.3, -0.25) is 0 Å². The number of anilines is 1. The Morgan fingerprint density at radius 1 is 0.862 bits per heavy atom. The number of hydrogen-bond acceptors (Lipinski definition) is 2. The molecule has 0 aliphatic heterocycles. The van der Waals surface area contributed by atoms with Crippen molar-refractivity contribution in [1.29, 1.82) is 0 Å². The first-order chi connectivity index (χ1) is 14.0. The summed E-state index contributed by atoms with van der Waals surface area (Å²) in [4.78, 5) is 14.4. The Kier molecular flexibility index (Phi) is 4.85. The summed E-state index contributed by atoms with van der Waals surface area (Å²) in [5, 5.41) is 11.0. The Morgan fingerprint density at radius 2 is 1.45 bits per heavy atom. The minimum absolute atomic E-state index is 0.176. The summed E-state index contributed by atoms with van der Waals surface area (Å²) in [6.07, 6.45) is 0. The minimum atomic E-state index is -0.912. The summed E-state index contributed by atoms with van der Waals surface area (Å²) in [5.74, 6) is -1.09. The molecule has 0 fully saturated rings. The van der Waals surface area contributed by atoms with Crippen molar-refractivity contribution in [2.45, 2.75) is 5.92 Å². The van der Waals surface area contributed by atoms with E-state index in [4.69, 9.17) is 0 Å². The van der Waals surface area contributed by atoms with E-state index >= 15 is 0 Å². The van der Waals surface area contributed by atoms with Crippen LogP contribution in [0, 0.1) is 0 Å². The van der Waals surface area contributed by atoms with Crippen LogP contribution in [-0.4, -0.2) is 29.7 Å². The fraction of sp³-hybridized carbons (Fsp3) is 0.160. The first-order valence-electron chi connectivity index (χ1n) is 9.62. The summed E-state index contributed by atoms with van der Waals surface area (Å²) in [5.41, 5.74) is 5.34. The largest absolute Gasteiger partial charge is 0.477 e. The van der Waals surface area contributed by atoms with Gasteiger partial charge in [0.15, 0.2) is 0 Å². The van der Waals surface area contributed by atoms with E-state index in [9.17, 15) is 9.90 Å². The predicted molar refractivity (Wildman–Crippen MR) is 118 cm³/mol. The SMILES string of the molecule is CN(C)c1ccc(C(c2ccccc2)c2c(C(=O)O)n(C)c3ccccc23)cc1. The molecule has 4 aromatic rings. The number of para-hydroxylation sites is 1. The molecule has 3 aromatic carbocycles. The second-order valence-electron chi connectivity index (χ2n) is 7.47. The molecule has 0 spiro atoms. The van der Waals surface area contributed by atoms with Gasteiger partial charge in [0, 0.05) is 49.2 Å². The van der Waals surface area contributed by atoms with Crippen LogP contribution in [-0.2, 0) is 7.05 Å². The van der Waals surface area contributed by atoms with Crippen LogP contribution in [0.1, 0.15) is 33.1 Å². The van der Waals surface area contributed by atoms with Crippen LogP contribution < -0.4 is 4.90 Å². The lowest BCUT2D eigenvalue weighted by Crippen LogP contribution is -2.13. The van der Waals surface area contributed by atoms with E-state index in [1.807, 2.05) is 63.6 Å². The number of aromatic carboxylic acids is 1. The molecule has 0 saturated carbocycles. The van der Waals surface area contributed by atoms with Gasteiger partial charge in [-0.05, 0) is 29.3 Å². The highest BCUT2D eigenvalue weighted by Gasteiger charge is 2.28. The van der Waals surface area contributed by atoms with Crippen molar-refractivity contribution >= 4 is 22.6 Å². The Balaban J connectivity index is 2.03.